The summed E-state index contributed by atoms with van der Waals surface area (Å²) >= 11 is 0. The zero-order valence-corrected chi connectivity index (χ0v) is 11.5. The van der Waals surface area contributed by atoms with Gasteiger partial charge in [0.05, 0.1) is 13.2 Å². The van der Waals surface area contributed by atoms with E-state index in [0.29, 0.717) is 25.7 Å². The summed E-state index contributed by atoms with van der Waals surface area (Å²) in [6.07, 6.45) is 6.28. The van der Waals surface area contributed by atoms with Crippen LogP contribution in [0, 0.1) is 0 Å². The van der Waals surface area contributed by atoms with Gasteiger partial charge in [-0.1, -0.05) is 13.0 Å². The third-order valence-corrected chi connectivity index (χ3v) is 3.58. The minimum absolute atomic E-state index is 0.0817. The van der Waals surface area contributed by atoms with Crippen LogP contribution in [0.4, 0.5) is 0 Å². The van der Waals surface area contributed by atoms with Crippen molar-refractivity contribution in [2.24, 2.45) is 0 Å². The molecule has 0 aromatic heterocycles. The van der Waals surface area contributed by atoms with E-state index in [0.717, 1.165) is 25.8 Å². The first-order valence-electron chi connectivity index (χ1n) is 6.96. The molecule has 4 nitrogen and oxygen atoms in total. The first-order chi connectivity index (χ1) is 8.72. The van der Waals surface area contributed by atoms with Crippen molar-refractivity contribution < 1.29 is 9.90 Å². The Morgan fingerprint density at radius 2 is 2.33 bits per heavy atom. The molecular weight excluding hydrogens is 228 g/mol. The molecule has 0 aliphatic carbocycles. The molecule has 1 atom stereocenters. The molecule has 1 rings (SSSR count). The summed E-state index contributed by atoms with van der Waals surface area (Å²) in [5.74, 6) is 0.192. The van der Waals surface area contributed by atoms with E-state index < -0.39 is 0 Å². The maximum atomic E-state index is 12.3. The summed E-state index contributed by atoms with van der Waals surface area (Å²) in [6, 6.07) is 0.408. The first kappa shape index (κ1) is 15.2. The van der Waals surface area contributed by atoms with Crippen molar-refractivity contribution in [2.45, 2.75) is 38.6 Å². The number of rotatable bonds is 7. The number of piperidine rings is 1. The summed E-state index contributed by atoms with van der Waals surface area (Å²) in [4.78, 5) is 16.3. The van der Waals surface area contributed by atoms with Gasteiger partial charge in [-0.2, -0.15) is 0 Å². The molecule has 1 aliphatic heterocycles. The molecule has 104 valence electrons. The molecule has 0 aromatic carbocycles. The highest BCUT2D eigenvalue weighted by molar-refractivity contribution is 5.78. The summed E-state index contributed by atoms with van der Waals surface area (Å²) in [6.45, 7) is 8.37. The van der Waals surface area contributed by atoms with Crippen LogP contribution in [0.2, 0.25) is 0 Å². The van der Waals surface area contributed by atoms with Crippen molar-refractivity contribution in [1.29, 1.82) is 0 Å². The molecule has 0 bridgehead atoms. The van der Waals surface area contributed by atoms with Crippen LogP contribution in [0.1, 0.15) is 32.6 Å². The van der Waals surface area contributed by atoms with Crippen molar-refractivity contribution in [2.75, 3.05) is 32.8 Å². The lowest BCUT2D eigenvalue weighted by Crippen LogP contribution is -2.48. The molecule has 0 aromatic rings. The van der Waals surface area contributed by atoms with Gasteiger partial charge in [-0.05, 0) is 25.7 Å². The van der Waals surface area contributed by atoms with Gasteiger partial charge in [0, 0.05) is 25.7 Å². The molecule has 0 saturated carbocycles. The second-order valence-electron chi connectivity index (χ2n) is 4.89. The van der Waals surface area contributed by atoms with E-state index in [9.17, 15) is 4.79 Å². The number of nitrogens with zero attached hydrogens (tertiary/aromatic N) is 2. The molecule has 0 spiro atoms. The minimum atomic E-state index is 0.0817. The number of aliphatic hydroxyl groups excluding tert-OH is 1. The Kier molecular flexibility index (Phi) is 6.98. The van der Waals surface area contributed by atoms with Gasteiger partial charge in [0.15, 0.2) is 0 Å². The molecule has 1 heterocycles. The highest BCUT2D eigenvalue weighted by Gasteiger charge is 2.25. The molecule has 18 heavy (non-hydrogen) atoms. The number of carbonyl (C=O) groups is 1. The Morgan fingerprint density at radius 1 is 1.56 bits per heavy atom. The lowest BCUT2D eigenvalue weighted by atomic mass is 10.00. The average molecular weight is 254 g/mol. The molecule has 1 saturated heterocycles. The van der Waals surface area contributed by atoms with Gasteiger partial charge in [0.1, 0.15) is 0 Å². The summed E-state index contributed by atoms with van der Waals surface area (Å²) in [5.41, 5.74) is 0. The van der Waals surface area contributed by atoms with Crippen molar-refractivity contribution in [3.63, 3.8) is 0 Å². The lowest BCUT2D eigenvalue weighted by Gasteiger charge is -2.36. The third-order valence-electron chi connectivity index (χ3n) is 3.58. The van der Waals surface area contributed by atoms with Gasteiger partial charge in [-0.15, -0.1) is 6.58 Å². The van der Waals surface area contributed by atoms with E-state index >= 15 is 0 Å². The summed E-state index contributed by atoms with van der Waals surface area (Å²) in [5, 5.41) is 8.98. The van der Waals surface area contributed by atoms with Gasteiger partial charge >= 0.3 is 0 Å². The number of amides is 1. The van der Waals surface area contributed by atoms with Crippen LogP contribution >= 0.6 is 0 Å². The van der Waals surface area contributed by atoms with Crippen LogP contribution in [0.5, 0.6) is 0 Å². The Hall–Kier alpha value is -0.870. The fourth-order valence-corrected chi connectivity index (χ4v) is 2.59. The second kappa shape index (κ2) is 8.27. The zero-order valence-electron chi connectivity index (χ0n) is 11.5. The second-order valence-corrected chi connectivity index (χ2v) is 4.89. The summed E-state index contributed by atoms with van der Waals surface area (Å²) in [7, 11) is 0. The first-order valence-corrected chi connectivity index (χ1v) is 6.96. The number of hydrogen-bond acceptors (Lipinski definition) is 3. The van der Waals surface area contributed by atoms with E-state index in [1.165, 1.54) is 6.42 Å². The minimum Gasteiger partial charge on any atom is -0.395 e. The molecule has 1 aliphatic rings. The topological polar surface area (TPSA) is 43.8 Å². The largest absolute Gasteiger partial charge is 0.395 e. The fraction of sp³-hybridized carbons (Fsp3) is 0.786. The predicted octanol–water partition coefficient (Wildman–Crippen LogP) is 1.26. The molecule has 4 heteroatoms. The van der Waals surface area contributed by atoms with Crippen LogP contribution in [-0.2, 0) is 4.79 Å². The van der Waals surface area contributed by atoms with Gasteiger partial charge in [-0.3, -0.25) is 9.69 Å². The lowest BCUT2D eigenvalue weighted by molar-refractivity contribution is -0.136. The number of aliphatic hydroxyl groups is 1. The van der Waals surface area contributed by atoms with Crippen molar-refractivity contribution in [1.82, 2.24) is 9.80 Å². The van der Waals surface area contributed by atoms with E-state index in [4.69, 9.17) is 5.11 Å². The van der Waals surface area contributed by atoms with Crippen molar-refractivity contribution in [3.8, 4) is 0 Å². The van der Waals surface area contributed by atoms with Gasteiger partial charge < -0.3 is 10.0 Å². The zero-order chi connectivity index (χ0) is 13.4. The SMILES string of the molecule is C=CCN(CCO)CC(=O)N1CCCCC1CC. The smallest absolute Gasteiger partial charge is 0.237 e. The van der Waals surface area contributed by atoms with Crippen molar-refractivity contribution >= 4 is 5.91 Å². The molecule has 1 N–H and O–H groups in total. The van der Waals surface area contributed by atoms with Crippen LogP contribution in [0.25, 0.3) is 0 Å². The van der Waals surface area contributed by atoms with Gasteiger partial charge in [0.2, 0.25) is 5.91 Å². The third kappa shape index (κ3) is 4.42. The molecule has 1 fully saturated rings. The Labute approximate surface area is 110 Å². The predicted molar refractivity (Wildman–Crippen MR) is 73.4 cm³/mol. The van der Waals surface area contributed by atoms with Crippen LogP contribution < -0.4 is 0 Å². The number of likely N-dealkylation sites (tertiary alicyclic amines) is 1. The fourth-order valence-electron chi connectivity index (χ4n) is 2.59. The van der Waals surface area contributed by atoms with E-state index in [2.05, 4.69) is 13.5 Å². The highest BCUT2D eigenvalue weighted by Crippen LogP contribution is 2.19. The molecular formula is C14H26N2O2. The van der Waals surface area contributed by atoms with E-state index in [1.54, 1.807) is 6.08 Å². The summed E-state index contributed by atoms with van der Waals surface area (Å²) < 4.78 is 0. The number of carbonyl (C=O) groups excluding carboxylic acids is 1. The average Bonchev–Trinajstić information content (AvgIpc) is 2.39. The van der Waals surface area contributed by atoms with Crippen LogP contribution in [0.15, 0.2) is 12.7 Å². The standard InChI is InChI=1S/C14H26N2O2/c1-3-8-15(10-11-17)12-14(18)16-9-6-5-7-13(16)4-2/h3,13,17H,1,4-12H2,2H3. The van der Waals surface area contributed by atoms with E-state index in [-0.39, 0.29) is 12.5 Å². The van der Waals surface area contributed by atoms with Crippen molar-refractivity contribution in [3.05, 3.63) is 12.7 Å². The molecule has 1 unspecified atom stereocenters. The molecule has 1 amide bonds. The Bertz CT molecular complexity index is 269. The monoisotopic (exact) mass is 254 g/mol. The Balaban J connectivity index is 2.52. The van der Waals surface area contributed by atoms with Gasteiger partial charge in [-0.25, -0.2) is 0 Å². The van der Waals surface area contributed by atoms with Crippen LogP contribution in [-0.4, -0.2) is 59.6 Å². The van der Waals surface area contributed by atoms with E-state index in [1.807, 2.05) is 9.80 Å². The number of hydrogen-bond donors (Lipinski definition) is 1. The highest BCUT2D eigenvalue weighted by atomic mass is 16.3. The molecule has 0 radical (unpaired) electrons. The van der Waals surface area contributed by atoms with Gasteiger partial charge in [0.25, 0.3) is 0 Å². The maximum absolute atomic E-state index is 12.3. The quantitative estimate of drug-likeness (QED) is 0.696. The Morgan fingerprint density at radius 3 is 2.94 bits per heavy atom. The normalized spacial score (nSPS) is 20.2. The maximum Gasteiger partial charge on any atom is 0.237 e. The van der Waals surface area contributed by atoms with Crippen LogP contribution in [0.3, 0.4) is 0 Å².